The molecule has 1 saturated heterocycles. The molecule has 2 unspecified atom stereocenters. The molecule has 0 spiro atoms. The Kier molecular flexibility index (Phi) is 8.89. The number of esters is 1. The molecule has 8 nitrogen and oxygen atoms in total. The Labute approximate surface area is 230 Å². The van der Waals surface area contributed by atoms with Gasteiger partial charge >= 0.3 is 5.97 Å². The number of carbonyl (C=O) groups excluding carboxylic acids is 1. The zero-order valence-electron chi connectivity index (χ0n) is 22.7. The molecule has 0 aromatic heterocycles. The molecule has 0 aliphatic carbocycles. The van der Waals surface area contributed by atoms with Crippen LogP contribution in [0.3, 0.4) is 0 Å². The molecule has 4 rings (SSSR count). The van der Waals surface area contributed by atoms with E-state index in [1.165, 1.54) is 0 Å². The van der Waals surface area contributed by atoms with Gasteiger partial charge in [-0.2, -0.15) is 0 Å². The predicted octanol–water partition coefficient (Wildman–Crippen LogP) is 4.96. The van der Waals surface area contributed by atoms with Gasteiger partial charge in [-0.3, -0.25) is 0 Å². The maximum Gasteiger partial charge on any atom is 0.338 e. The minimum Gasteiger partial charge on any atom is -0.455 e. The molecule has 9 heteroatoms. The van der Waals surface area contributed by atoms with Gasteiger partial charge in [-0.15, -0.1) is 0 Å². The molecule has 204 valence electrons. The van der Waals surface area contributed by atoms with Crippen molar-refractivity contribution >= 4 is 24.7 Å². The number of aliphatic hydroxyl groups is 1. The Balaban J connectivity index is 1.82. The number of carbonyl (C=O) groups is 1. The fourth-order valence-corrected chi connectivity index (χ4v) is 9.85. The van der Waals surface area contributed by atoms with Crippen LogP contribution < -0.4 is 10.4 Å². The zero-order valence-corrected chi connectivity index (χ0v) is 23.7. The van der Waals surface area contributed by atoms with Crippen molar-refractivity contribution in [3.8, 4) is 0 Å². The summed E-state index contributed by atoms with van der Waals surface area (Å²) in [5.74, 6) is -0.626. The van der Waals surface area contributed by atoms with E-state index < -0.39 is 44.9 Å². The van der Waals surface area contributed by atoms with E-state index in [2.05, 4.69) is 55.1 Å². The molecule has 1 heterocycles. The number of hydrogen-bond acceptors (Lipinski definition) is 6. The lowest BCUT2D eigenvalue weighted by Crippen LogP contribution is -2.70. The van der Waals surface area contributed by atoms with Gasteiger partial charge < -0.3 is 19.0 Å². The molecule has 3 aromatic rings. The van der Waals surface area contributed by atoms with Gasteiger partial charge in [0.25, 0.3) is 8.32 Å². The van der Waals surface area contributed by atoms with E-state index >= 15 is 0 Å². The Bertz CT molecular complexity index is 1240. The van der Waals surface area contributed by atoms with Crippen LogP contribution in [0.1, 0.15) is 44.5 Å². The zero-order chi connectivity index (χ0) is 28.0. The van der Waals surface area contributed by atoms with E-state index in [0.29, 0.717) is 12.0 Å². The highest BCUT2D eigenvalue weighted by Gasteiger charge is 2.56. The van der Waals surface area contributed by atoms with Crippen LogP contribution in [0.15, 0.2) is 96.1 Å². The van der Waals surface area contributed by atoms with Crippen LogP contribution in [0.2, 0.25) is 5.04 Å². The molecular weight excluding hydrogens is 510 g/mol. The van der Waals surface area contributed by atoms with Crippen LogP contribution >= 0.6 is 0 Å². The minimum atomic E-state index is -3.14. The second-order valence-corrected chi connectivity index (χ2v) is 14.9. The summed E-state index contributed by atoms with van der Waals surface area (Å²) in [5, 5.41) is 16.8. The number of benzene rings is 3. The Morgan fingerprint density at radius 2 is 1.49 bits per heavy atom. The lowest BCUT2D eigenvalue weighted by atomic mass is 9.95. The van der Waals surface area contributed by atoms with E-state index in [9.17, 15) is 15.4 Å². The number of ether oxygens (including phenoxy) is 2. The average molecular weight is 546 g/mol. The van der Waals surface area contributed by atoms with Gasteiger partial charge in [0.15, 0.2) is 6.29 Å². The van der Waals surface area contributed by atoms with Crippen molar-refractivity contribution in [3.05, 3.63) is 107 Å². The second kappa shape index (κ2) is 12.2. The van der Waals surface area contributed by atoms with Crippen LogP contribution in [-0.2, 0) is 13.9 Å². The molecule has 0 amide bonds. The van der Waals surface area contributed by atoms with Crippen LogP contribution in [0.4, 0.5) is 0 Å². The van der Waals surface area contributed by atoms with Crippen molar-refractivity contribution in [1.82, 2.24) is 0 Å². The summed E-state index contributed by atoms with van der Waals surface area (Å²) < 4.78 is 19.3. The van der Waals surface area contributed by atoms with Crippen molar-refractivity contribution < 1.29 is 23.8 Å². The highest BCUT2D eigenvalue weighted by molar-refractivity contribution is 6.99. The number of azide groups is 1. The Morgan fingerprint density at radius 3 is 1.95 bits per heavy atom. The topological polar surface area (TPSA) is 114 Å². The summed E-state index contributed by atoms with van der Waals surface area (Å²) in [5.41, 5.74) is 9.87. The van der Waals surface area contributed by atoms with Crippen LogP contribution in [0.5, 0.6) is 0 Å². The average Bonchev–Trinajstić information content (AvgIpc) is 2.95. The molecule has 0 bridgehead atoms. The van der Waals surface area contributed by atoms with Crippen molar-refractivity contribution in [2.45, 2.75) is 69.8 Å². The van der Waals surface area contributed by atoms with Gasteiger partial charge in [-0.25, -0.2) is 4.79 Å². The molecule has 0 saturated carbocycles. The molecule has 1 aliphatic heterocycles. The van der Waals surface area contributed by atoms with E-state index in [1.54, 1.807) is 30.3 Å². The number of aliphatic hydroxyl groups excluding tert-OH is 1. The van der Waals surface area contributed by atoms with Crippen molar-refractivity contribution in [3.63, 3.8) is 0 Å². The lowest BCUT2D eigenvalue weighted by Gasteiger charge is -2.49. The minimum absolute atomic E-state index is 0.327. The van der Waals surface area contributed by atoms with E-state index in [1.807, 2.05) is 43.3 Å². The van der Waals surface area contributed by atoms with Crippen LogP contribution in [-0.4, -0.2) is 50.0 Å². The van der Waals surface area contributed by atoms with Crippen LogP contribution in [0.25, 0.3) is 10.4 Å². The maximum absolute atomic E-state index is 13.1. The van der Waals surface area contributed by atoms with Crippen molar-refractivity contribution in [2.75, 3.05) is 0 Å². The maximum atomic E-state index is 13.1. The summed E-state index contributed by atoms with van der Waals surface area (Å²) in [4.78, 5) is 16.1. The molecule has 39 heavy (non-hydrogen) atoms. The van der Waals surface area contributed by atoms with E-state index in [4.69, 9.17) is 13.9 Å². The molecule has 5 atom stereocenters. The third kappa shape index (κ3) is 5.78. The fourth-order valence-electron chi connectivity index (χ4n) is 5.29. The Hall–Kier alpha value is -3.46. The monoisotopic (exact) mass is 545 g/mol. The first-order valence-electron chi connectivity index (χ1n) is 13.2. The van der Waals surface area contributed by atoms with Gasteiger partial charge in [0.05, 0.1) is 11.7 Å². The highest BCUT2D eigenvalue weighted by atomic mass is 28.4. The molecule has 1 N–H and O–H groups in total. The van der Waals surface area contributed by atoms with Gasteiger partial charge in [-0.05, 0) is 39.5 Å². The molecule has 1 aliphatic rings. The standard InChI is InChI=1S/C30H35N3O5Si/c1-5-24-26(34)27(37-28(35)21-15-9-6-10-16-21)25(32-33-31)29(36-24)38-39(30(2,3)4,22-17-11-7-12-18-22)23-19-13-8-14-20-23/h6-20,24-27,29,34H,5H2,1-4H3/t24?,25?,26-,27+,29-/m0/s1. The number of nitrogens with zero attached hydrogens (tertiary/aromatic N) is 3. The first-order chi connectivity index (χ1) is 18.7. The van der Waals surface area contributed by atoms with E-state index in [0.717, 1.165) is 10.4 Å². The number of hydrogen-bond donors (Lipinski definition) is 1. The second-order valence-electron chi connectivity index (χ2n) is 10.7. The first kappa shape index (κ1) is 28.5. The first-order valence-corrected chi connectivity index (χ1v) is 15.1. The smallest absolute Gasteiger partial charge is 0.338 e. The highest BCUT2D eigenvalue weighted by Crippen LogP contribution is 2.40. The molecule has 1 fully saturated rings. The fraction of sp³-hybridized carbons (Fsp3) is 0.367. The van der Waals surface area contributed by atoms with Crippen molar-refractivity contribution in [1.29, 1.82) is 0 Å². The molecule has 3 aromatic carbocycles. The summed E-state index contributed by atoms with van der Waals surface area (Å²) in [6.07, 6.45) is -3.72. The quantitative estimate of drug-likeness (QED) is 0.141. The predicted molar refractivity (Wildman–Crippen MR) is 152 cm³/mol. The van der Waals surface area contributed by atoms with Gasteiger partial charge in [-0.1, -0.05) is 112 Å². The molecule has 0 radical (unpaired) electrons. The largest absolute Gasteiger partial charge is 0.455 e. The van der Waals surface area contributed by atoms with Gasteiger partial charge in [0.2, 0.25) is 0 Å². The SMILES string of the molecule is CCC1O[C@@H](O[Si](c2ccccc2)(c2ccccc2)C(C)(C)C)C(N=[N+]=[N-])[C@@H](OC(=O)c2ccccc2)[C@H]1O. The third-order valence-electron chi connectivity index (χ3n) is 7.19. The molecular formula is C30H35N3O5Si. The third-order valence-corrected chi connectivity index (χ3v) is 12.2. The summed E-state index contributed by atoms with van der Waals surface area (Å²) in [7, 11) is -3.14. The normalized spacial score (nSPS) is 23.5. The number of rotatable bonds is 8. The lowest BCUT2D eigenvalue weighted by molar-refractivity contribution is -0.235. The van der Waals surface area contributed by atoms with Crippen molar-refractivity contribution in [2.24, 2.45) is 5.11 Å². The summed E-state index contributed by atoms with van der Waals surface area (Å²) in [6.45, 7) is 8.26. The Morgan fingerprint density at radius 1 is 0.974 bits per heavy atom. The summed E-state index contributed by atoms with van der Waals surface area (Å²) in [6, 6.07) is 27.4. The van der Waals surface area contributed by atoms with Crippen LogP contribution in [0, 0.1) is 0 Å². The summed E-state index contributed by atoms with van der Waals surface area (Å²) >= 11 is 0. The van der Waals surface area contributed by atoms with Gasteiger partial charge in [0, 0.05) is 4.91 Å². The van der Waals surface area contributed by atoms with Gasteiger partial charge in [0.1, 0.15) is 18.2 Å². The van der Waals surface area contributed by atoms with E-state index in [-0.39, 0.29) is 5.04 Å².